The van der Waals surface area contributed by atoms with Gasteiger partial charge in [-0.3, -0.25) is 10.1 Å². The predicted molar refractivity (Wildman–Crippen MR) is 71.8 cm³/mol. The van der Waals surface area contributed by atoms with Crippen molar-refractivity contribution in [3.8, 4) is 10.4 Å². The zero-order valence-electron chi connectivity index (χ0n) is 8.62. The van der Waals surface area contributed by atoms with E-state index in [-0.39, 0.29) is 10.6 Å². The number of nitro benzene ring substituents is 1. The number of thiophene rings is 2. The van der Waals surface area contributed by atoms with Crippen molar-refractivity contribution in [1.29, 1.82) is 0 Å². The molecule has 3 rings (SSSR count). The number of non-ortho nitro benzene ring substituents is 1. The van der Waals surface area contributed by atoms with Crippen molar-refractivity contribution >= 4 is 37.8 Å². The summed E-state index contributed by atoms with van der Waals surface area (Å²) >= 11 is 3.42. The molecule has 0 atom stereocenters. The summed E-state index contributed by atoms with van der Waals surface area (Å²) < 4.78 is 2.53. The number of hydrogen-bond donors (Lipinski definition) is 0. The van der Waals surface area contributed by atoms with Gasteiger partial charge in [0, 0.05) is 26.4 Å². The molecule has 17 heavy (non-hydrogen) atoms. The highest BCUT2D eigenvalue weighted by atomic mass is 32.1. The molecule has 0 radical (unpaired) electrons. The van der Waals surface area contributed by atoms with Gasteiger partial charge in [-0.2, -0.15) is 0 Å². The smallest absolute Gasteiger partial charge is 0.258 e. The lowest BCUT2D eigenvalue weighted by atomic mass is 10.2. The average molecular weight is 261 g/mol. The number of hydrogen-bond acceptors (Lipinski definition) is 4. The van der Waals surface area contributed by atoms with Crippen LogP contribution in [0, 0.1) is 10.1 Å². The van der Waals surface area contributed by atoms with E-state index in [2.05, 4.69) is 17.5 Å². The first-order chi connectivity index (χ1) is 8.24. The second-order valence-corrected chi connectivity index (χ2v) is 5.60. The molecular formula is C12H7NO2S2. The molecule has 0 bridgehead atoms. The van der Waals surface area contributed by atoms with E-state index in [1.807, 2.05) is 0 Å². The quantitative estimate of drug-likeness (QED) is 0.502. The summed E-state index contributed by atoms with van der Waals surface area (Å²) in [6.07, 6.45) is 0. The lowest BCUT2D eigenvalue weighted by Crippen LogP contribution is -1.86. The summed E-state index contributed by atoms with van der Waals surface area (Å²) in [5.41, 5.74) is 1.16. The van der Waals surface area contributed by atoms with Crippen LogP contribution in [0.15, 0.2) is 41.8 Å². The van der Waals surface area contributed by atoms with Crippen molar-refractivity contribution in [2.45, 2.75) is 0 Å². The van der Waals surface area contributed by atoms with Gasteiger partial charge in [0.25, 0.3) is 5.69 Å². The molecule has 0 aliphatic heterocycles. The second kappa shape index (κ2) is 3.94. The lowest BCUT2D eigenvalue weighted by Gasteiger charge is -1.96. The van der Waals surface area contributed by atoms with Gasteiger partial charge in [0.15, 0.2) is 0 Å². The highest BCUT2D eigenvalue weighted by Gasteiger charge is 2.08. The first-order valence-electron chi connectivity index (χ1n) is 4.96. The van der Waals surface area contributed by atoms with Gasteiger partial charge in [-0.15, -0.1) is 22.7 Å². The maximum absolute atomic E-state index is 10.6. The van der Waals surface area contributed by atoms with Crippen molar-refractivity contribution in [1.82, 2.24) is 0 Å². The van der Waals surface area contributed by atoms with Crippen LogP contribution in [0.1, 0.15) is 0 Å². The molecule has 1 aromatic carbocycles. The van der Waals surface area contributed by atoms with Crippen LogP contribution in [0.3, 0.4) is 0 Å². The highest BCUT2D eigenvalue weighted by molar-refractivity contribution is 7.28. The van der Waals surface area contributed by atoms with Crippen molar-refractivity contribution in [3.63, 3.8) is 0 Å². The van der Waals surface area contributed by atoms with Crippen LogP contribution in [-0.4, -0.2) is 4.92 Å². The first-order valence-corrected chi connectivity index (χ1v) is 6.65. The summed E-state index contributed by atoms with van der Waals surface area (Å²) in [5, 5.41) is 12.6. The van der Waals surface area contributed by atoms with E-state index in [1.54, 1.807) is 46.9 Å². The molecule has 2 aromatic heterocycles. The third-order valence-electron chi connectivity index (χ3n) is 2.50. The zero-order valence-corrected chi connectivity index (χ0v) is 10.3. The Balaban J connectivity index is 2.03. The maximum atomic E-state index is 10.6. The monoisotopic (exact) mass is 261 g/mol. The van der Waals surface area contributed by atoms with Gasteiger partial charge in [0.1, 0.15) is 0 Å². The van der Waals surface area contributed by atoms with Gasteiger partial charge in [-0.25, -0.2) is 0 Å². The number of nitro groups is 1. The van der Waals surface area contributed by atoms with Crippen LogP contribution in [-0.2, 0) is 0 Å². The van der Waals surface area contributed by atoms with Crippen molar-refractivity contribution < 1.29 is 4.92 Å². The van der Waals surface area contributed by atoms with Crippen LogP contribution in [0.2, 0.25) is 0 Å². The molecule has 0 aliphatic rings. The van der Waals surface area contributed by atoms with Crippen molar-refractivity contribution in [2.75, 3.05) is 0 Å². The topological polar surface area (TPSA) is 43.1 Å². The molecule has 3 nitrogen and oxygen atoms in total. The Kier molecular flexibility index (Phi) is 2.42. The molecule has 0 N–H and O–H groups in total. The molecule has 5 heteroatoms. The molecular weight excluding hydrogens is 254 g/mol. The minimum absolute atomic E-state index is 0.132. The molecule has 0 spiro atoms. The Bertz CT molecular complexity index is 653. The molecule has 0 aliphatic carbocycles. The minimum atomic E-state index is -0.378. The second-order valence-electron chi connectivity index (χ2n) is 3.56. The predicted octanol–water partition coefficient (Wildman–Crippen LogP) is 4.54. The van der Waals surface area contributed by atoms with E-state index >= 15 is 0 Å². The Morgan fingerprint density at radius 3 is 2.47 bits per heavy atom. The Labute approximate surface area is 105 Å². The Hall–Kier alpha value is -1.72. The molecule has 3 aromatic rings. The zero-order chi connectivity index (χ0) is 11.8. The van der Waals surface area contributed by atoms with Gasteiger partial charge in [-0.1, -0.05) is 0 Å². The number of nitrogens with zero attached hydrogens (tertiary/aromatic N) is 1. The normalized spacial score (nSPS) is 10.8. The maximum Gasteiger partial charge on any atom is 0.269 e. The van der Waals surface area contributed by atoms with Crippen molar-refractivity contribution in [3.05, 3.63) is 51.9 Å². The average Bonchev–Trinajstić information content (AvgIpc) is 2.89. The van der Waals surface area contributed by atoms with Gasteiger partial charge >= 0.3 is 0 Å². The minimum Gasteiger partial charge on any atom is -0.258 e. The number of rotatable bonds is 2. The Morgan fingerprint density at radius 2 is 1.82 bits per heavy atom. The third kappa shape index (κ3) is 1.83. The fraction of sp³-hybridized carbons (Fsp3) is 0. The summed E-state index contributed by atoms with van der Waals surface area (Å²) in [4.78, 5) is 11.3. The molecule has 84 valence electrons. The first kappa shape index (κ1) is 10.4. The number of benzene rings is 1. The third-order valence-corrected chi connectivity index (χ3v) is 4.64. The van der Waals surface area contributed by atoms with Crippen molar-refractivity contribution in [2.24, 2.45) is 0 Å². The summed E-state index contributed by atoms with van der Waals surface area (Å²) in [5.74, 6) is 0. The largest absolute Gasteiger partial charge is 0.269 e. The van der Waals surface area contributed by atoms with Crippen LogP contribution in [0.25, 0.3) is 19.8 Å². The summed E-state index contributed by atoms with van der Waals surface area (Å²) in [6.45, 7) is 0. The van der Waals surface area contributed by atoms with E-state index in [1.165, 1.54) is 9.40 Å². The van der Waals surface area contributed by atoms with E-state index in [0.717, 1.165) is 10.4 Å². The van der Waals surface area contributed by atoms with Crippen LogP contribution < -0.4 is 0 Å². The van der Waals surface area contributed by atoms with Crippen LogP contribution in [0.4, 0.5) is 5.69 Å². The standard InChI is InChI=1S/C12H7NO2S2/c14-13(15)9-3-1-8(2-4-9)11-7-12-10(17-11)5-6-16-12/h1-7H. The van der Waals surface area contributed by atoms with E-state index in [9.17, 15) is 10.1 Å². The van der Waals surface area contributed by atoms with E-state index in [4.69, 9.17) is 0 Å². The lowest BCUT2D eigenvalue weighted by molar-refractivity contribution is -0.384. The Morgan fingerprint density at radius 1 is 1.06 bits per heavy atom. The fourth-order valence-corrected chi connectivity index (χ4v) is 3.77. The van der Waals surface area contributed by atoms with E-state index < -0.39 is 0 Å². The number of fused-ring (bicyclic) bond motifs is 1. The summed E-state index contributed by atoms with van der Waals surface area (Å²) in [7, 11) is 0. The molecule has 0 amide bonds. The SMILES string of the molecule is O=[N+]([O-])c1ccc(-c2cc3sccc3s2)cc1. The molecule has 2 heterocycles. The molecule has 0 fully saturated rings. The molecule has 0 unspecified atom stereocenters. The van der Waals surface area contributed by atoms with Crippen LogP contribution in [0.5, 0.6) is 0 Å². The van der Waals surface area contributed by atoms with Gasteiger partial charge in [0.05, 0.1) is 4.92 Å². The fourth-order valence-electron chi connectivity index (χ4n) is 1.66. The highest BCUT2D eigenvalue weighted by Crippen LogP contribution is 2.36. The molecule has 0 saturated carbocycles. The van der Waals surface area contributed by atoms with E-state index in [0.29, 0.717) is 0 Å². The van der Waals surface area contributed by atoms with Crippen LogP contribution >= 0.6 is 22.7 Å². The van der Waals surface area contributed by atoms with Gasteiger partial charge < -0.3 is 0 Å². The molecule has 0 saturated heterocycles. The van der Waals surface area contributed by atoms with Gasteiger partial charge in [0.2, 0.25) is 0 Å². The summed E-state index contributed by atoms with van der Waals surface area (Å²) in [6, 6.07) is 10.9. The van der Waals surface area contributed by atoms with Gasteiger partial charge in [-0.05, 0) is 35.2 Å².